The number of nitrogens with zero attached hydrogens (tertiary/aromatic N) is 10. The maximum Gasteiger partial charge on any atom is 0.508 e. The number of aliphatic hydroxyl groups is 2. The first kappa shape index (κ1) is 74.3. The molecule has 4 aliphatic heterocycles. The number of amides is 2. The lowest BCUT2D eigenvalue weighted by atomic mass is 9.97. The molecule has 7 N–H and O–H groups in total. The first-order valence-corrected chi connectivity index (χ1v) is 33.9. The number of likely N-dealkylation sites (tertiary alicyclic amines) is 3. The Bertz CT molecular complexity index is 3820. The van der Waals surface area contributed by atoms with Gasteiger partial charge in [-0.15, -0.1) is 11.8 Å². The smallest absolute Gasteiger partial charge is 0.481 e. The number of anilines is 1. The lowest BCUT2D eigenvalue weighted by molar-refractivity contribution is -0.114. The molecule has 11 heterocycles. The lowest BCUT2D eigenvalue weighted by Gasteiger charge is -2.23. The van der Waals surface area contributed by atoms with Gasteiger partial charge < -0.3 is 75.0 Å². The average Bonchev–Trinajstić information content (AvgIpc) is 1.10. The van der Waals surface area contributed by atoms with E-state index in [4.69, 9.17) is 34.2 Å². The number of nitrogens with two attached hydrogens (primary N) is 1. The second-order valence-corrected chi connectivity index (χ2v) is 27.9. The van der Waals surface area contributed by atoms with Crippen LogP contribution in [0.2, 0.25) is 0 Å². The summed E-state index contributed by atoms with van der Waals surface area (Å²) in [5, 5.41) is 28.5. The molecule has 530 valence electrons. The summed E-state index contributed by atoms with van der Waals surface area (Å²) in [6, 6.07) is 14.4. The van der Waals surface area contributed by atoms with Gasteiger partial charge in [0.05, 0.1) is 96.0 Å². The van der Waals surface area contributed by atoms with Crippen LogP contribution in [0.3, 0.4) is 0 Å². The summed E-state index contributed by atoms with van der Waals surface area (Å²) in [5.74, 6) is 1.96. The van der Waals surface area contributed by atoms with Crippen LogP contribution in [0.25, 0.3) is 33.1 Å². The molecular formula is C69H91F3N14O11S. The minimum absolute atomic E-state index is 0.0118. The third-order valence-corrected chi connectivity index (χ3v) is 18.6. The van der Waals surface area contributed by atoms with Crippen molar-refractivity contribution in [2.45, 2.75) is 83.4 Å². The molecule has 0 unspecified atom stereocenters. The first-order valence-electron chi connectivity index (χ1n) is 32.9. The molecular weight excluding hydrogens is 1290 g/mol. The van der Waals surface area contributed by atoms with Crippen molar-refractivity contribution in [3.63, 3.8) is 0 Å². The summed E-state index contributed by atoms with van der Waals surface area (Å²) >= 11 is 1.49. The van der Waals surface area contributed by atoms with E-state index in [-0.39, 0.29) is 67.0 Å². The number of methoxy groups -OCH3 is 3. The molecule has 7 aromatic rings. The Kier molecular flexibility index (Phi) is 26.0. The summed E-state index contributed by atoms with van der Waals surface area (Å²) in [6.45, 7) is 19.6. The largest absolute Gasteiger partial charge is 0.508 e. The third kappa shape index (κ3) is 20.4. The first-order chi connectivity index (χ1) is 46.9. The Hall–Kier alpha value is -7.90. The number of pyridine rings is 7. The summed E-state index contributed by atoms with van der Waals surface area (Å²) in [4.78, 5) is 73.8. The highest BCUT2D eigenvalue weighted by molar-refractivity contribution is 8.00. The Morgan fingerprint density at radius 1 is 0.602 bits per heavy atom. The number of carbonyl (C=O) groups is 3. The molecule has 3 saturated heterocycles. The number of fused-ring (bicyclic) bond motifs is 4. The maximum absolute atomic E-state index is 14.8. The maximum atomic E-state index is 14.8. The summed E-state index contributed by atoms with van der Waals surface area (Å²) in [6.07, 6.45) is 3.88. The van der Waals surface area contributed by atoms with Gasteiger partial charge in [0.15, 0.2) is 0 Å². The standard InChI is InChI=1S/C27H39FN4O6.C25H29FN6O3S.C17H23FN4O2/c1-26(2,3)37-24(33)30-12-17-14-32(15-18(17)16-36-25(34)38-27(4,5)6)11-10-19-20(28)13-29-21-8-9-22(35-7)31-23(19)21;1-35-23-5-3-20-24(31-23)18(19(26)10-28-20)6-7-32-11-15(16(12-32)13-33)8-27-9-17-2-4-21-25(29-17)30-22(34)14-36-21;1-24-16-3-2-15-17(21-16)13(14(18)7-20-15)4-5-22-8-11(6-19)12(9-22)10-23/h8-9,13,17-18H,10-12,14-16H2,1-7H3,(H,30,33);2-5,10,15-16,27,33H,6-9,11-14H2,1H3,(H,29,30,34);2-3,7,11-12,23H,4-6,8-10,19H2,1H3/t17-,18-;15-,16-;11-,12-/m111/s1. The van der Waals surface area contributed by atoms with Crippen molar-refractivity contribution in [3.8, 4) is 17.6 Å². The van der Waals surface area contributed by atoms with Crippen LogP contribution >= 0.6 is 11.8 Å². The normalized spacial score (nSPS) is 19.7. The number of ether oxygens (including phenoxy) is 6. The number of aromatic nitrogens is 7. The second-order valence-electron chi connectivity index (χ2n) is 26.9. The number of carbonyl (C=O) groups excluding carboxylic acids is 3. The SMILES string of the molecule is COc1ccc2ncc(F)c(CCN3C[C@@H](CN)[C@@H](CO)C3)c2n1.COc1ccc2ncc(F)c(CCN3C[C@@H](CNC(=O)OC(C)(C)C)[C@@H](COC(=O)OC(C)(C)C)C3)c2n1.COc1ccc2ncc(F)c(CCN3C[C@@H](CNCc4ccc5c(n4)NC(=O)CS5)[C@@H](CO)C3)c2n1. The highest BCUT2D eigenvalue weighted by atomic mass is 32.2. The molecule has 0 aromatic carbocycles. The Labute approximate surface area is 572 Å². The van der Waals surface area contributed by atoms with Gasteiger partial charge in [-0.2, -0.15) is 0 Å². The molecule has 7 aromatic heterocycles. The van der Waals surface area contributed by atoms with E-state index >= 15 is 0 Å². The fraction of sp³-hybridized carbons (Fsp3) is 0.536. The molecule has 11 rings (SSSR count). The van der Waals surface area contributed by atoms with Gasteiger partial charge in [-0.05, 0) is 134 Å². The molecule has 6 atom stereocenters. The zero-order chi connectivity index (χ0) is 70.3. The molecule has 0 spiro atoms. The van der Waals surface area contributed by atoms with E-state index in [0.29, 0.717) is 157 Å². The number of aliphatic hydroxyl groups excluding tert-OH is 2. The van der Waals surface area contributed by atoms with Crippen molar-refractivity contribution in [3.05, 3.63) is 107 Å². The quantitative estimate of drug-likeness (QED) is 0.0343. The van der Waals surface area contributed by atoms with E-state index in [1.54, 1.807) is 77.9 Å². The van der Waals surface area contributed by atoms with Gasteiger partial charge in [0.1, 0.15) is 34.5 Å². The zero-order valence-corrected chi connectivity index (χ0v) is 57.9. The van der Waals surface area contributed by atoms with E-state index in [0.717, 1.165) is 43.3 Å². The van der Waals surface area contributed by atoms with E-state index in [2.05, 4.69) is 65.5 Å². The Morgan fingerprint density at radius 3 is 1.48 bits per heavy atom. The number of halogens is 3. The number of nitrogens with one attached hydrogen (secondary N) is 3. The predicted octanol–water partition coefficient (Wildman–Crippen LogP) is 7.25. The molecule has 0 aliphatic carbocycles. The Balaban J connectivity index is 0.000000176. The number of thioether (sulfide) groups is 1. The molecule has 3 fully saturated rings. The van der Waals surface area contributed by atoms with Crippen LogP contribution in [0.5, 0.6) is 17.6 Å². The van der Waals surface area contributed by atoms with Crippen molar-refractivity contribution >= 4 is 68.8 Å². The van der Waals surface area contributed by atoms with E-state index in [1.807, 2.05) is 12.1 Å². The van der Waals surface area contributed by atoms with Crippen LogP contribution in [-0.4, -0.2) is 215 Å². The van der Waals surface area contributed by atoms with Gasteiger partial charge in [0, 0.05) is 126 Å². The number of hydrogen-bond donors (Lipinski definition) is 6. The number of alkyl carbamates (subject to hydrolysis) is 1. The van der Waals surface area contributed by atoms with E-state index in [1.165, 1.54) is 51.7 Å². The van der Waals surface area contributed by atoms with Crippen LogP contribution in [0.1, 0.15) is 63.9 Å². The molecule has 0 bridgehead atoms. The molecule has 0 radical (unpaired) electrons. The van der Waals surface area contributed by atoms with Crippen molar-refractivity contribution in [1.29, 1.82) is 0 Å². The molecule has 29 heteroatoms. The van der Waals surface area contributed by atoms with Crippen molar-refractivity contribution in [2.75, 3.05) is 131 Å². The minimum atomic E-state index is -0.736. The minimum Gasteiger partial charge on any atom is -0.481 e. The fourth-order valence-electron chi connectivity index (χ4n) is 12.6. The van der Waals surface area contributed by atoms with Crippen LogP contribution in [0.15, 0.2) is 72.0 Å². The second kappa shape index (κ2) is 34.2. The molecule has 0 saturated carbocycles. The predicted molar refractivity (Wildman–Crippen MR) is 364 cm³/mol. The van der Waals surface area contributed by atoms with E-state index in [9.17, 15) is 37.8 Å². The zero-order valence-electron chi connectivity index (χ0n) is 57.1. The molecule has 98 heavy (non-hydrogen) atoms. The van der Waals surface area contributed by atoms with Crippen molar-refractivity contribution in [1.82, 2.24) is 60.2 Å². The average molecular weight is 1380 g/mol. The van der Waals surface area contributed by atoms with Crippen LogP contribution < -0.4 is 35.9 Å². The highest BCUT2D eigenvalue weighted by Gasteiger charge is 2.36. The lowest BCUT2D eigenvalue weighted by Crippen LogP contribution is -2.38. The monoisotopic (exact) mass is 1380 g/mol. The van der Waals surface area contributed by atoms with Gasteiger partial charge in [0.2, 0.25) is 23.5 Å². The van der Waals surface area contributed by atoms with Gasteiger partial charge in [-0.1, -0.05) is 0 Å². The highest BCUT2D eigenvalue weighted by Crippen LogP contribution is 2.32. The molecule has 4 aliphatic rings. The number of hydrogen-bond acceptors (Lipinski definition) is 24. The summed E-state index contributed by atoms with van der Waals surface area (Å²) < 4.78 is 75.3. The van der Waals surface area contributed by atoms with Gasteiger partial charge >= 0.3 is 12.2 Å². The van der Waals surface area contributed by atoms with Crippen molar-refractivity contribution < 1.29 is 66.2 Å². The summed E-state index contributed by atoms with van der Waals surface area (Å²) in [7, 11) is 4.58. The van der Waals surface area contributed by atoms with Gasteiger partial charge in [-0.3, -0.25) is 19.7 Å². The number of rotatable bonds is 23. The Morgan fingerprint density at radius 2 is 1.04 bits per heavy atom. The van der Waals surface area contributed by atoms with Crippen molar-refractivity contribution in [2.24, 2.45) is 41.2 Å². The third-order valence-electron chi connectivity index (χ3n) is 17.6. The van der Waals surface area contributed by atoms with Crippen LogP contribution in [0.4, 0.5) is 28.6 Å². The molecule has 2 amide bonds. The molecule has 25 nitrogen and oxygen atoms in total. The van der Waals surface area contributed by atoms with E-state index < -0.39 is 29.3 Å². The van der Waals surface area contributed by atoms with Crippen LogP contribution in [0, 0.1) is 53.0 Å². The topological polar surface area (TPSA) is 309 Å². The fourth-order valence-corrected chi connectivity index (χ4v) is 13.3. The summed E-state index contributed by atoms with van der Waals surface area (Å²) in [5.41, 5.74) is 10.3. The van der Waals surface area contributed by atoms with Gasteiger partial charge in [-0.25, -0.2) is 42.7 Å². The van der Waals surface area contributed by atoms with Crippen LogP contribution in [-0.2, 0) is 44.8 Å². The van der Waals surface area contributed by atoms with Gasteiger partial charge in [0.25, 0.3) is 0 Å².